The van der Waals surface area contributed by atoms with Crippen LogP contribution in [0.4, 0.5) is 0 Å². The van der Waals surface area contributed by atoms with Crippen molar-refractivity contribution in [1.82, 2.24) is 0 Å². The van der Waals surface area contributed by atoms with Gasteiger partial charge in [-0.05, 0) is 67.5 Å². The predicted molar refractivity (Wildman–Crippen MR) is 147 cm³/mol. The normalized spacial score (nSPS) is 8.55. The van der Waals surface area contributed by atoms with Crippen molar-refractivity contribution in [3.8, 4) is 0 Å². The van der Waals surface area contributed by atoms with Gasteiger partial charge in [0.1, 0.15) is 17.3 Å². The number of hydrogen-bond acceptors (Lipinski definition) is 7. The summed E-state index contributed by atoms with van der Waals surface area (Å²) >= 11 is 4.24. The largest absolute Gasteiger partial charge is 0.300 e. The summed E-state index contributed by atoms with van der Waals surface area (Å²) in [4.78, 5) is 71.4. The molecule has 184 valence electrons. The van der Waals surface area contributed by atoms with E-state index in [-0.39, 0.29) is 46.9 Å². The molecule has 0 fully saturated rings. The summed E-state index contributed by atoms with van der Waals surface area (Å²) in [6.07, 6.45) is 2.59. The quantitative estimate of drug-likeness (QED) is 0.162. The Morgan fingerprint density at radius 3 is 0.879 bits per heavy atom. The van der Waals surface area contributed by atoms with E-state index in [1.807, 2.05) is 0 Å². The van der Waals surface area contributed by atoms with Gasteiger partial charge in [0.2, 0.25) is 0 Å². The van der Waals surface area contributed by atoms with Gasteiger partial charge in [-0.1, -0.05) is 24.3 Å². The summed E-state index contributed by atoms with van der Waals surface area (Å²) in [6.45, 7) is 11.7. The summed E-state index contributed by atoms with van der Waals surface area (Å²) < 4.78 is 0. The van der Waals surface area contributed by atoms with Crippen molar-refractivity contribution >= 4 is 77.7 Å². The molecule has 33 heavy (non-hydrogen) atoms. The molecule has 0 amide bonds. The summed E-state index contributed by atoms with van der Waals surface area (Å²) in [5.74, 6) is -0.115. The number of Topliss-reactive ketones (excluding diaryl/α,β-unsaturated/α-hetero) is 5. The average molecular weight is 686 g/mol. The lowest BCUT2D eigenvalue weighted by Crippen LogP contribution is -1.97. The second-order valence-corrected chi connectivity index (χ2v) is 6.73. The third-order valence-electron chi connectivity index (χ3n) is 2.75. The number of benzene rings is 1. The Labute approximate surface area is 219 Å². The standard InChI is InChI=1S/C10H10O2.C6H8O2.C5H8O2.C3H6O.I2/c1-7(11)9-3-5-10(6-4-9)8(2)12;1-5(7)3-4-6(2)8;1-4(6)3-5(2)7;1-3(2)4;1-2/h3-6H,1-2H3;3-4H,1-2H3;3H2,1-2H3;1-2H3;/b;4-3+;;;. The fourth-order valence-corrected chi connectivity index (χ4v) is 1.52. The lowest BCUT2D eigenvalue weighted by molar-refractivity contribution is -0.124. The van der Waals surface area contributed by atoms with Crippen LogP contribution in [0.15, 0.2) is 36.4 Å². The number of carbonyl (C=O) groups is 7. The van der Waals surface area contributed by atoms with Crippen LogP contribution in [0.2, 0.25) is 0 Å². The van der Waals surface area contributed by atoms with E-state index in [9.17, 15) is 33.6 Å². The SMILES string of the molecule is CC(=O)/C=C/C(C)=O.CC(=O)CC(C)=O.CC(=O)c1ccc(C(C)=O)cc1.CC(C)=O.II. The highest BCUT2D eigenvalue weighted by molar-refractivity contribution is 15.0. The highest BCUT2D eigenvalue weighted by Gasteiger charge is 2.00. The molecule has 1 aromatic carbocycles. The number of ketones is 7. The summed E-state index contributed by atoms with van der Waals surface area (Å²) in [5.41, 5.74) is 1.28. The molecule has 0 aliphatic heterocycles. The van der Waals surface area contributed by atoms with Crippen LogP contribution in [-0.4, -0.2) is 40.5 Å². The minimum atomic E-state index is -0.0970. The number of rotatable bonds is 6. The summed E-state index contributed by atoms with van der Waals surface area (Å²) in [6, 6.07) is 6.66. The van der Waals surface area contributed by atoms with Crippen LogP contribution in [0, 0.1) is 0 Å². The zero-order valence-electron chi connectivity index (χ0n) is 20.3. The third kappa shape index (κ3) is 37.7. The lowest BCUT2D eigenvalue weighted by atomic mass is 10.1. The van der Waals surface area contributed by atoms with Crippen molar-refractivity contribution in [3.05, 3.63) is 47.5 Å². The Balaban J connectivity index is -0.000000177. The Kier molecular flexibility index (Phi) is 28.8. The van der Waals surface area contributed by atoms with Gasteiger partial charge in [-0.3, -0.25) is 28.8 Å². The lowest BCUT2D eigenvalue weighted by Gasteiger charge is -1.96. The molecule has 1 aromatic rings. The topological polar surface area (TPSA) is 119 Å². The van der Waals surface area contributed by atoms with Crippen LogP contribution in [0.25, 0.3) is 0 Å². The smallest absolute Gasteiger partial charge is 0.159 e. The van der Waals surface area contributed by atoms with Gasteiger partial charge < -0.3 is 4.79 Å². The van der Waals surface area contributed by atoms with E-state index < -0.39 is 0 Å². The molecule has 7 nitrogen and oxygen atoms in total. The minimum Gasteiger partial charge on any atom is -0.300 e. The molecule has 0 saturated carbocycles. The van der Waals surface area contributed by atoms with Gasteiger partial charge in [-0.25, -0.2) is 0 Å². The molecule has 0 aliphatic carbocycles. The van der Waals surface area contributed by atoms with Crippen molar-refractivity contribution in [1.29, 1.82) is 0 Å². The van der Waals surface area contributed by atoms with Crippen LogP contribution < -0.4 is 0 Å². The molecule has 0 bridgehead atoms. The molecule has 0 spiro atoms. The van der Waals surface area contributed by atoms with Gasteiger partial charge in [0.15, 0.2) is 23.1 Å². The monoisotopic (exact) mass is 686 g/mol. The van der Waals surface area contributed by atoms with Crippen LogP contribution in [0.1, 0.15) is 82.5 Å². The molecular formula is C24H32I2O7. The van der Waals surface area contributed by atoms with E-state index in [1.165, 1.54) is 67.5 Å². The van der Waals surface area contributed by atoms with Gasteiger partial charge in [-0.15, -0.1) is 0 Å². The number of hydrogen-bond donors (Lipinski definition) is 0. The zero-order valence-corrected chi connectivity index (χ0v) is 24.6. The fourth-order valence-electron chi connectivity index (χ4n) is 1.52. The minimum absolute atomic E-state index is 0.0186. The first-order valence-corrected chi connectivity index (χ1v) is 15.8. The maximum atomic E-state index is 10.8. The summed E-state index contributed by atoms with van der Waals surface area (Å²) in [5, 5.41) is 0. The second kappa shape index (κ2) is 24.7. The fraction of sp³-hybridized carbons (Fsp3) is 0.375. The van der Waals surface area contributed by atoms with Crippen LogP contribution in [0.5, 0.6) is 0 Å². The van der Waals surface area contributed by atoms with E-state index in [0.717, 1.165) is 0 Å². The molecule has 0 atom stereocenters. The highest BCUT2D eigenvalue weighted by atomic mass is 128. The molecule has 1 rings (SSSR count). The van der Waals surface area contributed by atoms with E-state index >= 15 is 0 Å². The number of carbonyl (C=O) groups excluding carboxylic acids is 7. The van der Waals surface area contributed by atoms with Gasteiger partial charge in [0.25, 0.3) is 0 Å². The van der Waals surface area contributed by atoms with Crippen molar-refractivity contribution < 1.29 is 33.6 Å². The van der Waals surface area contributed by atoms with E-state index in [4.69, 9.17) is 0 Å². The first kappa shape index (κ1) is 38.4. The van der Waals surface area contributed by atoms with Gasteiger partial charge >= 0.3 is 0 Å². The first-order chi connectivity index (χ1) is 15.1. The summed E-state index contributed by atoms with van der Waals surface area (Å²) in [7, 11) is 0. The number of halogens is 2. The predicted octanol–water partition coefficient (Wildman–Crippen LogP) is 5.73. The Hall–Kier alpha value is -1.89. The molecule has 0 radical (unpaired) electrons. The van der Waals surface area contributed by atoms with Crippen molar-refractivity contribution in [3.63, 3.8) is 0 Å². The van der Waals surface area contributed by atoms with Crippen molar-refractivity contribution in [2.45, 2.75) is 61.8 Å². The van der Waals surface area contributed by atoms with Crippen molar-refractivity contribution in [2.24, 2.45) is 0 Å². The van der Waals surface area contributed by atoms with Gasteiger partial charge in [0.05, 0.1) is 6.42 Å². The Bertz CT molecular complexity index is 759. The molecule has 0 unspecified atom stereocenters. The molecule has 0 heterocycles. The van der Waals surface area contributed by atoms with Crippen LogP contribution in [0.3, 0.4) is 0 Å². The Morgan fingerprint density at radius 1 is 0.576 bits per heavy atom. The van der Waals surface area contributed by atoms with Gasteiger partial charge in [0, 0.05) is 48.4 Å². The second-order valence-electron chi connectivity index (χ2n) is 6.73. The highest BCUT2D eigenvalue weighted by Crippen LogP contribution is 2.05. The maximum Gasteiger partial charge on any atom is 0.159 e. The van der Waals surface area contributed by atoms with E-state index in [0.29, 0.717) is 11.1 Å². The van der Waals surface area contributed by atoms with E-state index in [2.05, 4.69) is 37.2 Å². The zero-order chi connectivity index (χ0) is 27.1. The van der Waals surface area contributed by atoms with E-state index in [1.54, 1.807) is 24.3 Å². The number of allylic oxidation sites excluding steroid dienone is 2. The van der Waals surface area contributed by atoms with Crippen LogP contribution in [-0.2, 0) is 24.0 Å². The molecule has 0 saturated heterocycles. The van der Waals surface area contributed by atoms with Gasteiger partial charge in [-0.2, -0.15) is 0 Å². The maximum absolute atomic E-state index is 10.8. The molecular weight excluding hydrogens is 654 g/mol. The third-order valence-corrected chi connectivity index (χ3v) is 2.75. The average Bonchev–Trinajstić information content (AvgIpc) is 2.67. The molecule has 0 aliphatic rings. The Morgan fingerprint density at radius 2 is 0.788 bits per heavy atom. The molecule has 9 heteroatoms. The van der Waals surface area contributed by atoms with Crippen LogP contribution >= 0.6 is 37.2 Å². The molecule has 0 aromatic heterocycles. The van der Waals surface area contributed by atoms with Crippen molar-refractivity contribution in [2.75, 3.05) is 0 Å². The molecule has 0 N–H and O–H groups in total. The first-order valence-electron chi connectivity index (χ1n) is 9.51.